The summed E-state index contributed by atoms with van der Waals surface area (Å²) in [6, 6.07) is 7.27. The van der Waals surface area contributed by atoms with Gasteiger partial charge in [0.05, 0.1) is 5.02 Å². The highest BCUT2D eigenvalue weighted by atomic mass is 35.5. The standard InChI is InChI=1S/C8H9ClO2.CO2/c1-10-6-11-8-5-3-2-4-7(8)9;2-1-3/h2-5H,6H2,1H3;. The van der Waals surface area contributed by atoms with Gasteiger partial charge in [0.15, 0.2) is 6.79 Å². The van der Waals surface area contributed by atoms with Crippen LogP contribution in [0.1, 0.15) is 0 Å². The summed E-state index contributed by atoms with van der Waals surface area (Å²) < 4.78 is 9.85. The predicted molar refractivity (Wildman–Crippen MR) is 49.0 cm³/mol. The lowest BCUT2D eigenvalue weighted by molar-refractivity contribution is -0.191. The van der Waals surface area contributed by atoms with Crippen LogP contribution in [0.25, 0.3) is 0 Å². The van der Waals surface area contributed by atoms with Gasteiger partial charge in [-0.2, -0.15) is 9.59 Å². The Labute approximate surface area is 86.4 Å². The molecule has 0 aromatic heterocycles. The molecule has 0 aliphatic heterocycles. The first-order valence-corrected chi connectivity index (χ1v) is 3.99. The van der Waals surface area contributed by atoms with Gasteiger partial charge in [0, 0.05) is 7.11 Å². The Balaban J connectivity index is 0.000000500. The van der Waals surface area contributed by atoms with E-state index >= 15 is 0 Å². The lowest BCUT2D eigenvalue weighted by atomic mass is 10.3. The first-order chi connectivity index (χ1) is 6.76. The second-order valence-electron chi connectivity index (χ2n) is 2.06. The molecule has 1 rings (SSSR count). The zero-order chi connectivity index (χ0) is 10.8. The van der Waals surface area contributed by atoms with E-state index in [1.165, 1.54) is 0 Å². The van der Waals surface area contributed by atoms with Crippen LogP contribution in [0.4, 0.5) is 0 Å². The molecule has 0 saturated heterocycles. The molecule has 1 aromatic rings. The van der Waals surface area contributed by atoms with Gasteiger partial charge < -0.3 is 9.47 Å². The molecule has 0 amide bonds. The predicted octanol–water partition coefficient (Wildman–Crippen LogP) is 1.74. The Morgan fingerprint density at radius 2 is 1.93 bits per heavy atom. The van der Waals surface area contributed by atoms with E-state index in [-0.39, 0.29) is 12.9 Å². The molecule has 0 unspecified atom stereocenters. The van der Waals surface area contributed by atoms with Crippen LogP contribution < -0.4 is 4.74 Å². The summed E-state index contributed by atoms with van der Waals surface area (Å²) in [5.41, 5.74) is 0. The molecule has 0 N–H and O–H groups in total. The fourth-order valence-electron chi connectivity index (χ4n) is 0.684. The second kappa shape index (κ2) is 8.26. The summed E-state index contributed by atoms with van der Waals surface area (Å²) in [6.45, 7) is 0.226. The summed E-state index contributed by atoms with van der Waals surface area (Å²) in [7, 11) is 1.57. The summed E-state index contributed by atoms with van der Waals surface area (Å²) in [4.78, 5) is 16.2. The van der Waals surface area contributed by atoms with Crippen molar-refractivity contribution in [3.05, 3.63) is 29.3 Å². The van der Waals surface area contributed by atoms with Crippen LogP contribution in [-0.4, -0.2) is 20.1 Å². The minimum Gasteiger partial charge on any atom is -0.466 e. The Morgan fingerprint density at radius 1 is 1.36 bits per heavy atom. The highest BCUT2D eigenvalue weighted by Gasteiger charge is 1.96. The minimum atomic E-state index is 0.226. The number of methoxy groups -OCH3 is 1. The van der Waals surface area contributed by atoms with Crippen molar-refractivity contribution in [2.24, 2.45) is 0 Å². The maximum atomic E-state index is 8.12. The first-order valence-electron chi connectivity index (χ1n) is 3.61. The molecule has 0 aliphatic rings. The van der Waals surface area contributed by atoms with Gasteiger partial charge in [0.2, 0.25) is 0 Å². The van der Waals surface area contributed by atoms with E-state index in [0.717, 1.165) is 0 Å². The van der Waals surface area contributed by atoms with E-state index in [0.29, 0.717) is 10.8 Å². The van der Waals surface area contributed by atoms with Gasteiger partial charge in [-0.3, -0.25) is 0 Å². The lowest BCUT2D eigenvalue weighted by Gasteiger charge is -2.04. The quantitative estimate of drug-likeness (QED) is 0.723. The molecule has 5 heteroatoms. The maximum absolute atomic E-state index is 8.12. The zero-order valence-corrected chi connectivity index (χ0v) is 8.28. The van der Waals surface area contributed by atoms with E-state index in [9.17, 15) is 0 Å². The fraction of sp³-hybridized carbons (Fsp3) is 0.222. The average Bonchev–Trinajstić information content (AvgIpc) is 2.18. The highest BCUT2D eigenvalue weighted by molar-refractivity contribution is 6.32. The molecule has 0 aliphatic carbocycles. The molecule has 0 heterocycles. The van der Waals surface area contributed by atoms with E-state index in [2.05, 4.69) is 0 Å². The van der Waals surface area contributed by atoms with Crippen molar-refractivity contribution in [3.63, 3.8) is 0 Å². The second-order valence-corrected chi connectivity index (χ2v) is 2.47. The molecule has 0 atom stereocenters. The Morgan fingerprint density at radius 3 is 2.43 bits per heavy atom. The van der Waals surface area contributed by atoms with Gasteiger partial charge in [-0.1, -0.05) is 23.7 Å². The zero-order valence-electron chi connectivity index (χ0n) is 7.53. The van der Waals surface area contributed by atoms with Crippen molar-refractivity contribution in [1.82, 2.24) is 0 Å². The smallest absolute Gasteiger partial charge is 0.373 e. The highest BCUT2D eigenvalue weighted by Crippen LogP contribution is 2.22. The molecule has 0 spiro atoms. The molecular formula is C9H9ClO4. The third-order valence-corrected chi connectivity index (χ3v) is 1.48. The van der Waals surface area contributed by atoms with Crippen molar-refractivity contribution in [2.45, 2.75) is 0 Å². The summed E-state index contributed by atoms with van der Waals surface area (Å²) in [5, 5.41) is 0.601. The van der Waals surface area contributed by atoms with Crippen LogP contribution in [0, 0.1) is 0 Å². The van der Waals surface area contributed by atoms with Gasteiger partial charge in [0.25, 0.3) is 0 Å². The Hall–Kier alpha value is -1.35. The van der Waals surface area contributed by atoms with Gasteiger partial charge in [0.1, 0.15) is 5.75 Å². The Kier molecular flexibility index (Phi) is 7.46. The van der Waals surface area contributed by atoms with Gasteiger partial charge >= 0.3 is 6.15 Å². The number of benzene rings is 1. The van der Waals surface area contributed by atoms with Crippen LogP contribution in [0.2, 0.25) is 5.02 Å². The maximum Gasteiger partial charge on any atom is 0.373 e. The number of carbonyl (C=O) groups excluding carboxylic acids is 2. The SMILES string of the molecule is COCOc1ccccc1Cl.O=C=O. The molecule has 0 saturated carbocycles. The Bertz CT molecular complexity index is 295. The van der Waals surface area contributed by atoms with Crippen LogP contribution in [0.3, 0.4) is 0 Å². The topological polar surface area (TPSA) is 52.6 Å². The first kappa shape index (κ1) is 12.7. The molecule has 0 fully saturated rings. The molecule has 76 valence electrons. The van der Waals surface area contributed by atoms with Crippen molar-refractivity contribution < 1.29 is 19.1 Å². The number of para-hydroxylation sites is 1. The van der Waals surface area contributed by atoms with Crippen LogP contribution >= 0.6 is 11.6 Å². The summed E-state index contributed by atoms with van der Waals surface area (Å²) >= 11 is 5.78. The third kappa shape index (κ3) is 5.32. The summed E-state index contributed by atoms with van der Waals surface area (Å²) in [6.07, 6.45) is 0.250. The monoisotopic (exact) mass is 216 g/mol. The lowest BCUT2D eigenvalue weighted by Crippen LogP contribution is -1.98. The van der Waals surface area contributed by atoms with Crippen molar-refractivity contribution in [3.8, 4) is 5.75 Å². The molecule has 0 bridgehead atoms. The van der Waals surface area contributed by atoms with Gasteiger partial charge in [-0.05, 0) is 12.1 Å². The van der Waals surface area contributed by atoms with E-state index in [4.69, 9.17) is 30.7 Å². The van der Waals surface area contributed by atoms with Crippen LogP contribution in [-0.2, 0) is 14.3 Å². The fourth-order valence-corrected chi connectivity index (χ4v) is 0.874. The average molecular weight is 217 g/mol. The largest absolute Gasteiger partial charge is 0.466 e. The number of hydrogen-bond acceptors (Lipinski definition) is 4. The van der Waals surface area contributed by atoms with Crippen LogP contribution in [0.15, 0.2) is 24.3 Å². The molecule has 0 radical (unpaired) electrons. The van der Waals surface area contributed by atoms with Gasteiger partial charge in [-0.15, -0.1) is 0 Å². The number of halogens is 1. The number of ether oxygens (including phenoxy) is 2. The van der Waals surface area contributed by atoms with Crippen molar-refractivity contribution >= 4 is 17.8 Å². The minimum absolute atomic E-state index is 0.226. The van der Waals surface area contributed by atoms with Crippen LogP contribution in [0.5, 0.6) is 5.75 Å². The van der Waals surface area contributed by atoms with Crippen molar-refractivity contribution in [1.29, 1.82) is 0 Å². The van der Waals surface area contributed by atoms with E-state index in [1.54, 1.807) is 19.2 Å². The molecular weight excluding hydrogens is 208 g/mol. The summed E-state index contributed by atoms with van der Waals surface area (Å²) in [5.74, 6) is 0.649. The van der Waals surface area contributed by atoms with Crippen molar-refractivity contribution in [2.75, 3.05) is 13.9 Å². The molecule has 1 aromatic carbocycles. The van der Waals surface area contributed by atoms with Gasteiger partial charge in [-0.25, -0.2) is 0 Å². The number of rotatable bonds is 3. The molecule has 14 heavy (non-hydrogen) atoms. The normalized spacial score (nSPS) is 8.14. The van der Waals surface area contributed by atoms with E-state index < -0.39 is 0 Å². The third-order valence-electron chi connectivity index (χ3n) is 1.17. The van der Waals surface area contributed by atoms with E-state index in [1.807, 2.05) is 12.1 Å². The molecule has 4 nitrogen and oxygen atoms in total. The number of hydrogen-bond donors (Lipinski definition) is 0.